The van der Waals surface area contributed by atoms with Crippen LogP contribution in [0.5, 0.6) is 0 Å². The van der Waals surface area contributed by atoms with Crippen LogP contribution in [0.2, 0.25) is 0 Å². The number of ether oxygens (including phenoxy) is 2. The second-order valence-corrected chi connectivity index (χ2v) is 9.36. The average Bonchev–Trinajstić information content (AvgIpc) is 2.71. The van der Waals surface area contributed by atoms with Gasteiger partial charge < -0.3 is 19.3 Å². The third kappa shape index (κ3) is 9.13. The fourth-order valence-electron chi connectivity index (χ4n) is 2.20. The topological polar surface area (TPSA) is 83.0 Å². The minimum absolute atomic E-state index is 0.162. The number of hydrogen-bond acceptors (Lipinski definition) is 5. The molecule has 0 aliphatic carbocycles. The molecular weight excluding hydrogens is 388 g/mol. The van der Waals surface area contributed by atoms with Gasteiger partial charge in [-0.3, -0.25) is 0 Å². The first kappa shape index (κ1) is 22.9. The van der Waals surface area contributed by atoms with Crippen LogP contribution in [-0.4, -0.2) is 34.3 Å². The molecule has 1 N–H and O–H groups in total. The highest BCUT2D eigenvalue weighted by Gasteiger charge is 2.26. The van der Waals surface area contributed by atoms with E-state index in [2.05, 4.69) is 9.71 Å². The number of alkyl carbamates (subject to hydrolysis) is 1. The molecule has 29 heavy (non-hydrogen) atoms. The van der Waals surface area contributed by atoms with Gasteiger partial charge in [0.15, 0.2) is 0 Å². The van der Waals surface area contributed by atoms with Crippen LogP contribution in [0, 0.1) is 0 Å². The normalized spacial score (nSPS) is 13.8. The van der Waals surface area contributed by atoms with Gasteiger partial charge in [0.1, 0.15) is 22.7 Å². The molecule has 0 aliphatic rings. The van der Waals surface area contributed by atoms with Gasteiger partial charge in [-0.25, -0.2) is 4.79 Å². The molecule has 7 heteroatoms. The van der Waals surface area contributed by atoms with Crippen LogP contribution in [0.3, 0.4) is 0 Å². The smallest absolute Gasteiger partial charge is 0.408 e. The predicted molar refractivity (Wildman–Crippen MR) is 116 cm³/mol. The van der Waals surface area contributed by atoms with E-state index in [1.165, 1.54) is 6.21 Å². The summed E-state index contributed by atoms with van der Waals surface area (Å²) >= 11 is -1.43. The molecule has 0 saturated carbocycles. The molecule has 2 atom stereocenters. The van der Waals surface area contributed by atoms with E-state index in [1.807, 2.05) is 81.4 Å². The van der Waals surface area contributed by atoms with E-state index < -0.39 is 28.2 Å². The number of benzene rings is 2. The lowest BCUT2D eigenvalue weighted by Gasteiger charge is -2.19. The monoisotopic (exact) mass is 416 g/mol. The van der Waals surface area contributed by atoms with Crippen LogP contribution in [0.15, 0.2) is 65.1 Å². The second-order valence-electron chi connectivity index (χ2n) is 7.43. The molecule has 1 amide bonds. The first-order chi connectivity index (χ1) is 13.8. The van der Waals surface area contributed by atoms with Crippen molar-refractivity contribution in [3.8, 4) is 0 Å². The Morgan fingerprint density at radius 1 is 1.07 bits per heavy atom. The number of hydrogen-bond donors (Lipinski definition) is 1. The molecule has 0 spiro atoms. The van der Waals surface area contributed by atoms with Crippen molar-refractivity contribution < 1.29 is 18.8 Å². The minimum Gasteiger partial charge on any atom is -0.591 e. The first-order valence-corrected chi connectivity index (χ1v) is 10.5. The highest BCUT2D eigenvalue weighted by Crippen LogP contribution is 2.16. The largest absolute Gasteiger partial charge is 0.591 e. The van der Waals surface area contributed by atoms with Crippen LogP contribution < -0.4 is 5.32 Å². The lowest BCUT2D eigenvalue weighted by atomic mass is 10.2. The Morgan fingerprint density at radius 2 is 1.62 bits per heavy atom. The van der Waals surface area contributed by atoms with Crippen molar-refractivity contribution in [2.75, 3.05) is 6.61 Å². The maximum absolute atomic E-state index is 12.2. The number of nitrogens with one attached hydrogen (secondary N) is 1. The van der Waals surface area contributed by atoms with Crippen LogP contribution >= 0.6 is 0 Å². The van der Waals surface area contributed by atoms with Gasteiger partial charge in [-0.2, -0.15) is 0 Å². The second kappa shape index (κ2) is 11.6. The summed E-state index contributed by atoms with van der Waals surface area (Å²) in [7, 11) is 0. The third-order valence-corrected chi connectivity index (χ3v) is 5.15. The molecular formula is C22H28N2O4S. The molecule has 0 saturated heterocycles. The summed E-state index contributed by atoms with van der Waals surface area (Å²) in [5, 5.41) is 2.71. The fraction of sp³-hybridized carbons (Fsp3) is 0.364. The Morgan fingerprint density at radius 3 is 2.17 bits per heavy atom. The van der Waals surface area contributed by atoms with Crippen molar-refractivity contribution in [2.45, 2.75) is 44.8 Å². The molecule has 0 radical (unpaired) electrons. The van der Waals surface area contributed by atoms with Crippen molar-refractivity contribution in [3.05, 3.63) is 71.8 Å². The zero-order chi connectivity index (χ0) is 21.1. The summed E-state index contributed by atoms with van der Waals surface area (Å²) in [6.07, 6.45) is 0.867. The molecule has 6 nitrogen and oxygen atoms in total. The van der Waals surface area contributed by atoms with Gasteiger partial charge in [0.25, 0.3) is 0 Å². The summed E-state index contributed by atoms with van der Waals surface area (Å²) in [5.41, 5.74) is 1.91. The molecule has 0 aromatic heterocycles. The first-order valence-electron chi connectivity index (χ1n) is 9.39. The van der Waals surface area contributed by atoms with Crippen LogP contribution in [0.1, 0.15) is 31.9 Å². The fourth-order valence-corrected chi connectivity index (χ4v) is 2.78. The Kier molecular flexibility index (Phi) is 9.18. The number of rotatable bonds is 9. The Balaban J connectivity index is 1.91. The lowest BCUT2D eigenvalue weighted by Crippen LogP contribution is -2.40. The molecule has 0 heterocycles. The average molecular weight is 417 g/mol. The molecule has 156 valence electrons. The van der Waals surface area contributed by atoms with E-state index in [0.29, 0.717) is 6.61 Å². The maximum Gasteiger partial charge on any atom is 0.408 e. The van der Waals surface area contributed by atoms with Gasteiger partial charge in [-0.05, 0) is 31.9 Å². The van der Waals surface area contributed by atoms with Gasteiger partial charge in [-0.1, -0.05) is 65.1 Å². The Labute approximate surface area is 175 Å². The number of carbonyl (C=O) groups excluding carboxylic acids is 1. The van der Waals surface area contributed by atoms with Crippen molar-refractivity contribution >= 4 is 23.7 Å². The zero-order valence-corrected chi connectivity index (χ0v) is 17.9. The van der Waals surface area contributed by atoms with Gasteiger partial charge in [-0.15, -0.1) is 0 Å². The van der Waals surface area contributed by atoms with E-state index in [-0.39, 0.29) is 13.2 Å². The maximum atomic E-state index is 12.2. The van der Waals surface area contributed by atoms with E-state index in [9.17, 15) is 9.35 Å². The minimum atomic E-state index is -1.43. The van der Waals surface area contributed by atoms with Crippen molar-refractivity contribution in [3.63, 3.8) is 0 Å². The number of nitrogens with zero attached hydrogens (tertiary/aromatic N) is 1. The summed E-state index contributed by atoms with van der Waals surface area (Å²) in [6.45, 7) is 6.25. The standard InChI is InChI=1S/C22H28N2O4S/c1-22(2,3)29(26)23-14-20(17-27-15-18-10-6-4-7-11-18)24-21(25)28-16-19-12-8-5-9-13-19/h4-14,20H,15-17H2,1-3H3,(H,24,25). The Bertz CT molecular complexity index is 763. The molecule has 0 aliphatic heterocycles. The van der Waals surface area contributed by atoms with Gasteiger partial charge in [0, 0.05) is 0 Å². The number of amides is 1. The van der Waals surface area contributed by atoms with E-state index in [0.717, 1.165) is 11.1 Å². The van der Waals surface area contributed by atoms with E-state index in [1.54, 1.807) is 0 Å². The lowest BCUT2D eigenvalue weighted by molar-refractivity contribution is 0.102. The molecule has 2 unspecified atom stereocenters. The molecule has 2 rings (SSSR count). The van der Waals surface area contributed by atoms with E-state index >= 15 is 0 Å². The summed E-state index contributed by atoms with van der Waals surface area (Å²) in [4.78, 5) is 12.2. The van der Waals surface area contributed by atoms with Gasteiger partial charge in [0.2, 0.25) is 0 Å². The van der Waals surface area contributed by atoms with E-state index in [4.69, 9.17) is 9.47 Å². The molecule has 2 aromatic carbocycles. The zero-order valence-electron chi connectivity index (χ0n) is 17.0. The highest BCUT2D eigenvalue weighted by molar-refractivity contribution is 7.91. The van der Waals surface area contributed by atoms with Crippen molar-refractivity contribution in [1.82, 2.24) is 5.32 Å². The van der Waals surface area contributed by atoms with Crippen LogP contribution in [0.25, 0.3) is 0 Å². The van der Waals surface area contributed by atoms with Crippen LogP contribution in [-0.2, 0) is 34.0 Å². The van der Waals surface area contributed by atoms with Crippen molar-refractivity contribution in [2.24, 2.45) is 4.40 Å². The molecule has 0 bridgehead atoms. The summed E-state index contributed by atoms with van der Waals surface area (Å²) in [5.74, 6) is 0. The quantitative estimate of drug-likeness (QED) is 0.494. The van der Waals surface area contributed by atoms with Gasteiger partial charge >= 0.3 is 6.09 Å². The third-order valence-electron chi connectivity index (χ3n) is 3.79. The SMILES string of the molecule is CC(C)(C)[S+]([O-])N=CC(COCc1ccccc1)NC(=O)OCc1ccccc1. The number of carbonyl (C=O) groups is 1. The Hall–Kier alpha value is -2.35. The summed E-state index contributed by atoms with van der Waals surface area (Å²) < 4.78 is 26.7. The highest BCUT2D eigenvalue weighted by atomic mass is 32.2. The van der Waals surface area contributed by atoms with Crippen LogP contribution in [0.4, 0.5) is 4.79 Å². The summed E-state index contributed by atoms with van der Waals surface area (Å²) in [6, 6.07) is 18.6. The molecule has 2 aromatic rings. The molecule has 0 fully saturated rings. The van der Waals surface area contributed by atoms with Gasteiger partial charge in [0.05, 0.1) is 25.5 Å². The van der Waals surface area contributed by atoms with Crippen molar-refractivity contribution in [1.29, 1.82) is 0 Å². The predicted octanol–water partition coefficient (Wildman–Crippen LogP) is 4.03.